The van der Waals surface area contributed by atoms with Crippen LogP contribution in [0.15, 0.2) is 0 Å². The summed E-state index contributed by atoms with van der Waals surface area (Å²) in [6.07, 6.45) is 2.08. The Kier molecular flexibility index (Phi) is 4.89. The van der Waals surface area contributed by atoms with E-state index < -0.39 is 6.10 Å². The van der Waals surface area contributed by atoms with Gasteiger partial charge in [0.05, 0.1) is 12.7 Å². The zero-order valence-electron chi connectivity index (χ0n) is 9.03. The predicted molar refractivity (Wildman–Crippen MR) is 61.0 cm³/mol. The Morgan fingerprint density at radius 1 is 1.67 bits per heavy atom. The quantitative estimate of drug-likeness (QED) is 0.551. The molecule has 88 valence electrons. The molecule has 2 N–H and O–H groups in total. The summed E-state index contributed by atoms with van der Waals surface area (Å²) in [6.45, 7) is 0.507. The van der Waals surface area contributed by atoms with Crippen LogP contribution in [0.1, 0.15) is 19.3 Å². The molecule has 0 aliphatic heterocycles. The first kappa shape index (κ1) is 12.8. The van der Waals surface area contributed by atoms with E-state index in [0.29, 0.717) is 6.42 Å². The van der Waals surface area contributed by atoms with E-state index in [2.05, 4.69) is 17.9 Å². The van der Waals surface area contributed by atoms with Gasteiger partial charge in [-0.15, -0.1) is 0 Å². The lowest BCUT2D eigenvalue weighted by atomic mass is 10.1. The summed E-state index contributed by atoms with van der Waals surface area (Å²) < 4.78 is 4.76. The molecule has 1 unspecified atom stereocenters. The van der Waals surface area contributed by atoms with Gasteiger partial charge in [0.15, 0.2) is 0 Å². The van der Waals surface area contributed by atoms with E-state index in [1.54, 1.807) is 0 Å². The van der Waals surface area contributed by atoms with Gasteiger partial charge in [-0.3, -0.25) is 4.79 Å². The molecule has 1 aliphatic carbocycles. The van der Waals surface area contributed by atoms with Gasteiger partial charge in [-0.1, -0.05) is 0 Å². The summed E-state index contributed by atoms with van der Waals surface area (Å²) in [5, 5.41) is 12.0. The van der Waals surface area contributed by atoms with Gasteiger partial charge >= 0.3 is 0 Å². The number of amides is 1. The number of hydrogen-bond acceptors (Lipinski definition) is 4. The SMILES string of the molecule is COCC(O)CNC(=O)CC1(CS)CC1. The average molecular weight is 233 g/mol. The molecule has 0 radical (unpaired) electrons. The van der Waals surface area contributed by atoms with Crippen LogP contribution in [-0.4, -0.2) is 43.1 Å². The molecule has 15 heavy (non-hydrogen) atoms. The molecule has 0 aromatic rings. The lowest BCUT2D eigenvalue weighted by Gasteiger charge is -2.14. The molecule has 1 amide bonds. The molecule has 1 fully saturated rings. The van der Waals surface area contributed by atoms with Crippen molar-refractivity contribution in [2.75, 3.05) is 26.0 Å². The number of hydrogen-bond donors (Lipinski definition) is 3. The highest BCUT2D eigenvalue weighted by molar-refractivity contribution is 7.80. The fourth-order valence-corrected chi connectivity index (χ4v) is 1.88. The van der Waals surface area contributed by atoms with E-state index in [1.807, 2.05) is 0 Å². The molecule has 0 bridgehead atoms. The van der Waals surface area contributed by atoms with Crippen molar-refractivity contribution in [1.29, 1.82) is 0 Å². The van der Waals surface area contributed by atoms with Gasteiger partial charge in [0, 0.05) is 20.1 Å². The van der Waals surface area contributed by atoms with Crippen LogP contribution in [0.2, 0.25) is 0 Å². The molecule has 5 heteroatoms. The van der Waals surface area contributed by atoms with Crippen LogP contribution in [0.25, 0.3) is 0 Å². The first-order valence-corrected chi connectivity index (χ1v) is 5.80. The van der Waals surface area contributed by atoms with Gasteiger partial charge in [0.1, 0.15) is 0 Å². The molecule has 0 aromatic carbocycles. The van der Waals surface area contributed by atoms with Crippen molar-refractivity contribution in [2.45, 2.75) is 25.4 Å². The van der Waals surface area contributed by atoms with Crippen LogP contribution < -0.4 is 5.32 Å². The minimum atomic E-state index is -0.620. The summed E-state index contributed by atoms with van der Waals surface area (Å²) in [4.78, 5) is 11.5. The third kappa shape index (κ3) is 4.40. The molecule has 1 aliphatic rings. The summed E-state index contributed by atoms with van der Waals surface area (Å²) in [5.74, 6) is 0.762. The standard InChI is InChI=1S/C10H19NO3S/c1-14-6-8(12)5-11-9(13)4-10(7-15)2-3-10/h8,12,15H,2-7H2,1H3,(H,11,13). The van der Waals surface area contributed by atoms with Crippen molar-refractivity contribution in [2.24, 2.45) is 5.41 Å². The lowest BCUT2D eigenvalue weighted by Crippen LogP contribution is -2.35. The van der Waals surface area contributed by atoms with E-state index in [9.17, 15) is 9.90 Å². The Labute approximate surface area is 95.8 Å². The zero-order chi connectivity index (χ0) is 11.3. The topological polar surface area (TPSA) is 58.6 Å². The minimum Gasteiger partial charge on any atom is -0.389 e. The molecule has 0 spiro atoms. The molecular weight excluding hydrogens is 214 g/mol. The summed E-state index contributed by atoms with van der Waals surface area (Å²) in [7, 11) is 1.52. The summed E-state index contributed by atoms with van der Waals surface area (Å²) in [6, 6.07) is 0. The van der Waals surface area contributed by atoms with Crippen LogP contribution >= 0.6 is 12.6 Å². The number of thiol groups is 1. The van der Waals surface area contributed by atoms with Crippen molar-refractivity contribution in [3.8, 4) is 0 Å². The molecule has 0 aromatic heterocycles. The number of carbonyl (C=O) groups is 1. The minimum absolute atomic E-state index is 0.00305. The van der Waals surface area contributed by atoms with Gasteiger partial charge in [0.25, 0.3) is 0 Å². The fraction of sp³-hybridized carbons (Fsp3) is 0.900. The number of nitrogens with one attached hydrogen (secondary N) is 1. The van der Waals surface area contributed by atoms with Crippen molar-refractivity contribution < 1.29 is 14.6 Å². The molecular formula is C10H19NO3S. The van der Waals surface area contributed by atoms with Crippen LogP contribution in [0, 0.1) is 5.41 Å². The molecule has 0 saturated heterocycles. The zero-order valence-corrected chi connectivity index (χ0v) is 9.93. The number of carbonyl (C=O) groups excluding carboxylic acids is 1. The first-order valence-electron chi connectivity index (χ1n) is 5.16. The number of methoxy groups -OCH3 is 1. The predicted octanol–water partition coefficient (Wildman–Crippen LogP) is 0.210. The maximum atomic E-state index is 11.5. The normalized spacial score (nSPS) is 19.7. The van der Waals surface area contributed by atoms with Crippen molar-refractivity contribution in [3.63, 3.8) is 0 Å². The van der Waals surface area contributed by atoms with Gasteiger partial charge in [-0.2, -0.15) is 12.6 Å². The highest BCUT2D eigenvalue weighted by Crippen LogP contribution is 2.49. The monoisotopic (exact) mass is 233 g/mol. The average Bonchev–Trinajstić information content (AvgIpc) is 2.96. The van der Waals surface area contributed by atoms with Crippen molar-refractivity contribution in [1.82, 2.24) is 5.32 Å². The Hall–Kier alpha value is -0.260. The molecule has 0 heterocycles. The number of rotatable bonds is 7. The van der Waals surface area contributed by atoms with Gasteiger partial charge in [0.2, 0.25) is 5.91 Å². The summed E-state index contributed by atoms with van der Waals surface area (Å²) in [5.41, 5.74) is 0.138. The van der Waals surface area contributed by atoms with Crippen LogP contribution in [0.3, 0.4) is 0 Å². The second-order valence-corrected chi connectivity index (χ2v) is 4.56. The molecule has 1 saturated carbocycles. The van der Waals surface area contributed by atoms with E-state index in [0.717, 1.165) is 18.6 Å². The van der Waals surface area contributed by atoms with Crippen molar-refractivity contribution in [3.05, 3.63) is 0 Å². The van der Waals surface area contributed by atoms with Crippen LogP contribution in [0.5, 0.6) is 0 Å². The van der Waals surface area contributed by atoms with Gasteiger partial charge in [-0.25, -0.2) is 0 Å². The van der Waals surface area contributed by atoms with E-state index in [-0.39, 0.29) is 24.5 Å². The molecule has 1 rings (SSSR count). The Morgan fingerprint density at radius 3 is 2.80 bits per heavy atom. The van der Waals surface area contributed by atoms with Crippen LogP contribution in [-0.2, 0) is 9.53 Å². The molecule has 1 atom stereocenters. The highest BCUT2D eigenvalue weighted by Gasteiger charge is 2.42. The number of aliphatic hydroxyl groups is 1. The van der Waals surface area contributed by atoms with E-state index in [4.69, 9.17) is 4.74 Å². The maximum absolute atomic E-state index is 11.5. The highest BCUT2D eigenvalue weighted by atomic mass is 32.1. The fourth-order valence-electron chi connectivity index (χ4n) is 1.45. The maximum Gasteiger partial charge on any atom is 0.220 e. The Morgan fingerprint density at radius 2 is 2.33 bits per heavy atom. The number of aliphatic hydroxyl groups excluding tert-OH is 1. The Bertz CT molecular complexity index is 219. The Balaban J connectivity index is 2.13. The molecule has 4 nitrogen and oxygen atoms in total. The number of ether oxygens (including phenoxy) is 1. The lowest BCUT2D eigenvalue weighted by molar-refractivity contribution is -0.122. The second kappa shape index (κ2) is 5.72. The van der Waals surface area contributed by atoms with Gasteiger partial charge in [-0.05, 0) is 24.0 Å². The first-order chi connectivity index (χ1) is 7.12. The van der Waals surface area contributed by atoms with E-state index in [1.165, 1.54) is 7.11 Å². The summed E-state index contributed by atoms with van der Waals surface area (Å²) >= 11 is 4.23. The second-order valence-electron chi connectivity index (χ2n) is 4.25. The van der Waals surface area contributed by atoms with Gasteiger partial charge < -0.3 is 15.2 Å². The van der Waals surface area contributed by atoms with Crippen molar-refractivity contribution >= 4 is 18.5 Å². The smallest absolute Gasteiger partial charge is 0.220 e. The van der Waals surface area contributed by atoms with E-state index >= 15 is 0 Å². The van der Waals surface area contributed by atoms with Crippen LogP contribution in [0.4, 0.5) is 0 Å². The third-order valence-electron chi connectivity index (χ3n) is 2.72. The third-order valence-corrected chi connectivity index (χ3v) is 3.39. The largest absolute Gasteiger partial charge is 0.389 e.